The van der Waals surface area contributed by atoms with Crippen LogP contribution < -0.4 is 5.32 Å². The highest BCUT2D eigenvalue weighted by Crippen LogP contribution is 2.60. The quantitative estimate of drug-likeness (QED) is 0.615. The first-order valence-electron chi connectivity index (χ1n) is 10.5. The summed E-state index contributed by atoms with van der Waals surface area (Å²) in [6.45, 7) is 8.08. The molecular weight excluding hydrogens is 314 g/mol. The van der Waals surface area contributed by atoms with E-state index in [1.54, 1.807) is 0 Å². The fourth-order valence-electron chi connectivity index (χ4n) is 6.52. The molecule has 5 fully saturated rings. The molecule has 140 valence electrons. The van der Waals surface area contributed by atoms with Crippen molar-refractivity contribution in [2.75, 3.05) is 39.5 Å². The first kappa shape index (κ1) is 16.4. The second kappa shape index (κ2) is 6.12. The Balaban J connectivity index is 1.33. The highest BCUT2D eigenvalue weighted by molar-refractivity contribution is 5.81. The minimum Gasteiger partial charge on any atom is -0.381 e. The topological polar surface area (TPSA) is 46.1 Å². The standard InChI is InChI=1S/C20H33N3O2/c1-2-21-18(23-10-8-19(13-23)9-12-24-14-19)22-16-15-5-11-25-17(15)20(16)6-3-4-7-20/h15-17H,2-14H2,1H3,(H,21,22). The predicted octanol–water partition coefficient (Wildman–Crippen LogP) is 2.41. The molecule has 2 spiro atoms. The first-order valence-corrected chi connectivity index (χ1v) is 10.5. The maximum atomic E-state index is 6.15. The second-order valence-electron chi connectivity index (χ2n) is 9.08. The largest absolute Gasteiger partial charge is 0.381 e. The van der Waals surface area contributed by atoms with Crippen molar-refractivity contribution in [2.24, 2.45) is 21.7 Å². The van der Waals surface area contributed by atoms with Gasteiger partial charge in [0, 0.05) is 55.6 Å². The zero-order valence-electron chi connectivity index (χ0n) is 15.6. The number of fused-ring (bicyclic) bond motifs is 2. The summed E-state index contributed by atoms with van der Waals surface area (Å²) in [5.41, 5.74) is 0.781. The van der Waals surface area contributed by atoms with Crippen molar-refractivity contribution in [1.29, 1.82) is 0 Å². The van der Waals surface area contributed by atoms with E-state index in [9.17, 15) is 0 Å². The lowest BCUT2D eigenvalue weighted by Gasteiger charge is -2.57. The van der Waals surface area contributed by atoms with E-state index in [1.807, 2.05) is 0 Å². The normalized spacial score (nSPS) is 42.4. The molecule has 0 bridgehead atoms. The number of ether oxygens (including phenoxy) is 2. The number of hydrogen-bond acceptors (Lipinski definition) is 3. The van der Waals surface area contributed by atoms with Crippen LogP contribution in [0.25, 0.3) is 0 Å². The number of rotatable bonds is 2. The Morgan fingerprint density at radius 2 is 2.08 bits per heavy atom. The maximum Gasteiger partial charge on any atom is 0.194 e. The molecule has 4 unspecified atom stereocenters. The van der Waals surface area contributed by atoms with Crippen LogP contribution in [0.4, 0.5) is 0 Å². The van der Waals surface area contributed by atoms with E-state index < -0.39 is 0 Å². The lowest BCUT2D eigenvalue weighted by atomic mass is 9.54. The summed E-state index contributed by atoms with van der Waals surface area (Å²) in [7, 11) is 0. The molecule has 3 heterocycles. The summed E-state index contributed by atoms with van der Waals surface area (Å²) in [6.07, 6.45) is 9.62. The van der Waals surface area contributed by atoms with Gasteiger partial charge >= 0.3 is 0 Å². The fourth-order valence-corrected chi connectivity index (χ4v) is 6.52. The Kier molecular flexibility index (Phi) is 4.01. The Morgan fingerprint density at radius 1 is 1.20 bits per heavy atom. The number of hydrogen-bond donors (Lipinski definition) is 1. The van der Waals surface area contributed by atoms with Crippen molar-refractivity contribution < 1.29 is 9.47 Å². The van der Waals surface area contributed by atoms with Crippen molar-refractivity contribution in [3.63, 3.8) is 0 Å². The van der Waals surface area contributed by atoms with Gasteiger partial charge in [-0.25, -0.2) is 0 Å². The van der Waals surface area contributed by atoms with Gasteiger partial charge in [-0.1, -0.05) is 12.8 Å². The van der Waals surface area contributed by atoms with Gasteiger partial charge in [-0.3, -0.25) is 4.99 Å². The molecule has 2 saturated carbocycles. The SMILES string of the molecule is CCN=C(NC1C2CCOC2C12CCCC2)N1CCC2(CCOC2)C1. The zero-order valence-corrected chi connectivity index (χ0v) is 15.6. The summed E-state index contributed by atoms with van der Waals surface area (Å²) < 4.78 is 11.9. The van der Waals surface area contributed by atoms with Crippen LogP contribution >= 0.6 is 0 Å². The van der Waals surface area contributed by atoms with Crippen LogP contribution in [0.15, 0.2) is 4.99 Å². The summed E-state index contributed by atoms with van der Waals surface area (Å²) in [4.78, 5) is 7.42. The van der Waals surface area contributed by atoms with Crippen molar-refractivity contribution >= 4 is 5.96 Å². The molecular formula is C20H33N3O2. The number of aliphatic imine (C=N–C) groups is 1. The minimum absolute atomic E-state index is 0.389. The van der Waals surface area contributed by atoms with Crippen LogP contribution in [0.2, 0.25) is 0 Å². The maximum absolute atomic E-state index is 6.15. The van der Waals surface area contributed by atoms with Crippen LogP contribution in [0.1, 0.15) is 51.9 Å². The van der Waals surface area contributed by atoms with Gasteiger partial charge in [0.15, 0.2) is 5.96 Å². The molecule has 3 aliphatic heterocycles. The van der Waals surface area contributed by atoms with Gasteiger partial charge in [0.2, 0.25) is 0 Å². The van der Waals surface area contributed by atoms with Crippen molar-refractivity contribution in [3.8, 4) is 0 Å². The van der Waals surface area contributed by atoms with Crippen LogP contribution in [0.3, 0.4) is 0 Å². The van der Waals surface area contributed by atoms with Gasteiger partial charge in [0.05, 0.1) is 12.7 Å². The van der Waals surface area contributed by atoms with Gasteiger partial charge in [0.25, 0.3) is 0 Å². The average Bonchev–Trinajstić information content (AvgIpc) is 3.40. The molecule has 0 aromatic heterocycles. The molecule has 1 N–H and O–H groups in total. The summed E-state index contributed by atoms with van der Waals surface area (Å²) in [5.74, 6) is 1.86. The van der Waals surface area contributed by atoms with E-state index >= 15 is 0 Å². The Bertz CT molecular complexity index is 537. The van der Waals surface area contributed by atoms with Gasteiger partial charge in [-0.15, -0.1) is 0 Å². The molecule has 5 rings (SSSR count). The summed E-state index contributed by atoms with van der Waals surface area (Å²) in [5, 5.41) is 3.96. The predicted molar refractivity (Wildman–Crippen MR) is 97.7 cm³/mol. The Hall–Kier alpha value is -0.810. The lowest BCUT2D eigenvalue weighted by molar-refractivity contribution is -0.125. The van der Waals surface area contributed by atoms with Crippen LogP contribution in [0, 0.1) is 16.7 Å². The van der Waals surface area contributed by atoms with Crippen molar-refractivity contribution in [2.45, 2.75) is 64.0 Å². The molecule has 5 aliphatic rings. The molecule has 0 amide bonds. The molecule has 5 heteroatoms. The zero-order chi connectivity index (χ0) is 16.9. The van der Waals surface area contributed by atoms with Gasteiger partial charge in [0.1, 0.15) is 0 Å². The number of guanidine groups is 1. The van der Waals surface area contributed by atoms with E-state index in [4.69, 9.17) is 14.5 Å². The van der Waals surface area contributed by atoms with Gasteiger partial charge < -0.3 is 19.7 Å². The van der Waals surface area contributed by atoms with E-state index in [0.29, 0.717) is 28.9 Å². The molecule has 4 atom stereocenters. The Labute approximate surface area is 151 Å². The minimum atomic E-state index is 0.389. The second-order valence-corrected chi connectivity index (χ2v) is 9.08. The first-order chi connectivity index (χ1) is 12.3. The third-order valence-corrected chi connectivity index (χ3v) is 7.80. The van der Waals surface area contributed by atoms with Crippen LogP contribution in [-0.2, 0) is 9.47 Å². The number of likely N-dealkylation sites (tertiary alicyclic amines) is 1. The molecule has 25 heavy (non-hydrogen) atoms. The number of nitrogens with one attached hydrogen (secondary N) is 1. The number of nitrogens with zero attached hydrogens (tertiary/aromatic N) is 2. The van der Waals surface area contributed by atoms with E-state index in [1.165, 1.54) is 44.9 Å². The molecule has 0 aromatic rings. The monoisotopic (exact) mass is 347 g/mol. The average molecular weight is 348 g/mol. The van der Waals surface area contributed by atoms with Gasteiger partial charge in [-0.2, -0.15) is 0 Å². The molecule has 5 nitrogen and oxygen atoms in total. The van der Waals surface area contributed by atoms with E-state index in [2.05, 4.69) is 17.1 Å². The smallest absolute Gasteiger partial charge is 0.194 e. The summed E-state index contributed by atoms with van der Waals surface area (Å²) in [6, 6.07) is 0.573. The highest BCUT2D eigenvalue weighted by atomic mass is 16.5. The van der Waals surface area contributed by atoms with Gasteiger partial charge in [-0.05, 0) is 39.0 Å². The van der Waals surface area contributed by atoms with Crippen LogP contribution in [-0.4, -0.2) is 62.5 Å². The molecule has 2 aliphatic carbocycles. The fraction of sp³-hybridized carbons (Fsp3) is 0.950. The van der Waals surface area contributed by atoms with E-state index in [0.717, 1.165) is 45.4 Å². The molecule has 0 aromatic carbocycles. The Morgan fingerprint density at radius 3 is 2.84 bits per heavy atom. The van der Waals surface area contributed by atoms with Crippen molar-refractivity contribution in [1.82, 2.24) is 10.2 Å². The molecule has 0 radical (unpaired) electrons. The third kappa shape index (κ3) is 2.45. The summed E-state index contributed by atoms with van der Waals surface area (Å²) >= 11 is 0. The molecule has 3 saturated heterocycles. The third-order valence-electron chi connectivity index (χ3n) is 7.80. The lowest BCUT2D eigenvalue weighted by Crippen LogP contribution is -2.69. The highest BCUT2D eigenvalue weighted by Gasteiger charge is 2.65. The van der Waals surface area contributed by atoms with Crippen LogP contribution in [0.5, 0.6) is 0 Å². The van der Waals surface area contributed by atoms with Crippen molar-refractivity contribution in [3.05, 3.63) is 0 Å². The van der Waals surface area contributed by atoms with E-state index in [-0.39, 0.29) is 0 Å².